The summed E-state index contributed by atoms with van der Waals surface area (Å²) in [6.07, 6.45) is 7.07. The molecular weight excluding hydrogens is 262 g/mol. The third-order valence-electron chi connectivity index (χ3n) is 4.21. The molecule has 21 heavy (non-hydrogen) atoms. The number of carbonyl (C=O) groups is 1. The highest BCUT2D eigenvalue weighted by atomic mass is 16.3. The number of aliphatic hydroxyl groups excluding tert-OH is 1. The van der Waals surface area contributed by atoms with E-state index in [1.165, 1.54) is 16.7 Å². The Balaban J connectivity index is 1.57. The zero-order valence-corrected chi connectivity index (χ0v) is 11.5. The number of carbonyl (C=O) groups excluding carboxylic acids is 1. The van der Waals surface area contributed by atoms with Crippen LogP contribution in [0.2, 0.25) is 0 Å². The van der Waals surface area contributed by atoms with Crippen LogP contribution in [0.5, 0.6) is 0 Å². The third kappa shape index (κ3) is 1.98. The summed E-state index contributed by atoms with van der Waals surface area (Å²) >= 11 is 0. The zero-order chi connectivity index (χ0) is 14.4. The summed E-state index contributed by atoms with van der Waals surface area (Å²) < 4.78 is 0. The number of nitrogens with one attached hydrogen (secondary N) is 1. The minimum atomic E-state index is -0.375. The number of fused-ring (bicyclic) bond motifs is 2. The van der Waals surface area contributed by atoms with Crippen molar-refractivity contribution in [2.75, 3.05) is 6.61 Å². The van der Waals surface area contributed by atoms with Crippen LogP contribution < -0.4 is 5.32 Å². The van der Waals surface area contributed by atoms with E-state index in [0.29, 0.717) is 5.57 Å². The Morgan fingerprint density at radius 3 is 2.76 bits per heavy atom. The highest BCUT2D eigenvalue weighted by molar-refractivity contribution is 6.02. The number of benzene rings is 1. The monoisotopic (exact) mass is 277 g/mol. The molecule has 0 heterocycles. The van der Waals surface area contributed by atoms with Gasteiger partial charge in [0.05, 0.1) is 12.6 Å². The van der Waals surface area contributed by atoms with E-state index in [9.17, 15) is 9.90 Å². The standard InChI is InChI=1S/C18H15NO2/c20-10-17(11-4-2-1-3-5-11)19-18(21)14-7-6-13-15-8-12(15)9-16(13)14/h1-7,9,17,20H,8,10H2,(H,19,21)/t17-/m0/s1. The van der Waals surface area contributed by atoms with Gasteiger partial charge < -0.3 is 10.4 Å². The average Bonchev–Trinajstić information content (AvgIpc) is 3.00. The molecule has 3 aliphatic carbocycles. The molecule has 3 aliphatic rings. The van der Waals surface area contributed by atoms with Gasteiger partial charge in [0.25, 0.3) is 5.91 Å². The number of hydrogen-bond acceptors (Lipinski definition) is 2. The zero-order valence-electron chi connectivity index (χ0n) is 11.5. The van der Waals surface area contributed by atoms with Gasteiger partial charge in [-0.15, -0.1) is 0 Å². The highest BCUT2D eigenvalue weighted by Gasteiger charge is 2.35. The summed E-state index contributed by atoms with van der Waals surface area (Å²) in [5.41, 5.74) is 6.59. The normalized spacial score (nSPS) is 19.4. The van der Waals surface area contributed by atoms with Crippen molar-refractivity contribution < 1.29 is 9.90 Å². The number of allylic oxidation sites excluding steroid dienone is 6. The second kappa shape index (κ2) is 4.57. The summed E-state index contributed by atoms with van der Waals surface area (Å²) in [6.45, 7) is -0.114. The van der Waals surface area contributed by atoms with Gasteiger partial charge in [-0.2, -0.15) is 0 Å². The molecule has 0 unspecified atom stereocenters. The molecular formula is C18H15NO2. The summed E-state index contributed by atoms with van der Waals surface area (Å²) in [6, 6.07) is 9.16. The largest absolute Gasteiger partial charge is 0.394 e. The van der Waals surface area contributed by atoms with Crippen LogP contribution in [0.25, 0.3) is 0 Å². The van der Waals surface area contributed by atoms with Crippen LogP contribution in [0, 0.1) is 0 Å². The minimum Gasteiger partial charge on any atom is -0.394 e. The number of rotatable bonds is 4. The van der Waals surface area contributed by atoms with Gasteiger partial charge >= 0.3 is 0 Å². The molecule has 0 bridgehead atoms. The van der Waals surface area contributed by atoms with Crippen molar-refractivity contribution in [3.63, 3.8) is 0 Å². The van der Waals surface area contributed by atoms with E-state index in [2.05, 4.69) is 11.4 Å². The van der Waals surface area contributed by atoms with E-state index >= 15 is 0 Å². The van der Waals surface area contributed by atoms with Crippen LogP contribution in [-0.4, -0.2) is 17.6 Å². The second-order valence-electron chi connectivity index (χ2n) is 5.52. The lowest BCUT2D eigenvalue weighted by molar-refractivity contribution is -0.118. The number of aliphatic hydroxyl groups is 1. The fourth-order valence-electron chi connectivity index (χ4n) is 2.99. The van der Waals surface area contributed by atoms with E-state index in [-0.39, 0.29) is 18.6 Å². The summed E-state index contributed by atoms with van der Waals surface area (Å²) in [5.74, 6) is -0.127. The molecule has 0 aliphatic heterocycles. The summed E-state index contributed by atoms with van der Waals surface area (Å²) in [5, 5.41) is 12.5. The van der Waals surface area contributed by atoms with E-state index in [0.717, 1.165) is 17.6 Å². The first-order chi connectivity index (χ1) is 10.3. The lowest BCUT2D eigenvalue weighted by Gasteiger charge is -2.17. The maximum absolute atomic E-state index is 12.5. The first-order valence-corrected chi connectivity index (χ1v) is 7.11. The van der Waals surface area contributed by atoms with Gasteiger partial charge in [-0.05, 0) is 46.4 Å². The molecule has 3 heteroatoms. The molecule has 0 spiro atoms. The molecule has 2 N–H and O–H groups in total. The topological polar surface area (TPSA) is 49.3 Å². The molecule has 3 nitrogen and oxygen atoms in total. The molecule has 1 fully saturated rings. The molecule has 1 saturated carbocycles. The predicted molar refractivity (Wildman–Crippen MR) is 80.3 cm³/mol. The number of hydrogen-bond donors (Lipinski definition) is 2. The van der Waals surface area contributed by atoms with Gasteiger partial charge in [-0.1, -0.05) is 36.4 Å². The Morgan fingerprint density at radius 2 is 2.00 bits per heavy atom. The fraction of sp³-hybridized carbons (Fsp3) is 0.167. The quantitative estimate of drug-likeness (QED) is 0.887. The van der Waals surface area contributed by atoms with Crippen LogP contribution in [-0.2, 0) is 4.79 Å². The Kier molecular flexibility index (Phi) is 2.69. The summed E-state index contributed by atoms with van der Waals surface area (Å²) in [4.78, 5) is 12.5. The van der Waals surface area contributed by atoms with Crippen LogP contribution in [0.3, 0.4) is 0 Å². The van der Waals surface area contributed by atoms with E-state index in [4.69, 9.17) is 0 Å². The Bertz CT molecular complexity index is 751. The minimum absolute atomic E-state index is 0.114. The van der Waals surface area contributed by atoms with Gasteiger partial charge in [0.1, 0.15) is 0 Å². The molecule has 1 aromatic rings. The van der Waals surface area contributed by atoms with Crippen molar-refractivity contribution in [1.82, 2.24) is 5.32 Å². The molecule has 1 atom stereocenters. The van der Waals surface area contributed by atoms with Crippen molar-refractivity contribution in [3.8, 4) is 0 Å². The lowest BCUT2D eigenvalue weighted by atomic mass is 10.0. The summed E-state index contributed by atoms with van der Waals surface area (Å²) in [7, 11) is 0. The van der Waals surface area contributed by atoms with Crippen molar-refractivity contribution in [2.24, 2.45) is 0 Å². The molecule has 4 rings (SSSR count). The number of amides is 1. The smallest absolute Gasteiger partial charge is 0.252 e. The van der Waals surface area contributed by atoms with Crippen LogP contribution >= 0.6 is 0 Å². The average molecular weight is 277 g/mol. The van der Waals surface area contributed by atoms with Crippen molar-refractivity contribution >= 4 is 5.91 Å². The first-order valence-electron chi connectivity index (χ1n) is 7.11. The molecule has 1 amide bonds. The van der Waals surface area contributed by atoms with Gasteiger partial charge in [-0.25, -0.2) is 0 Å². The third-order valence-corrected chi connectivity index (χ3v) is 4.21. The van der Waals surface area contributed by atoms with E-state index in [1.807, 2.05) is 42.5 Å². The van der Waals surface area contributed by atoms with E-state index < -0.39 is 0 Å². The van der Waals surface area contributed by atoms with E-state index in [1.54, 1.807) is 0 Å². The SMILES string of the molecule is O=C(N[C@@H](CO)c1ccccc1)C1=C2C=C3CC3=C2C=C1. The second-order valence-corrected chi connectivity index (χ2v) is 5.52. The Hall–Kier alpha value is -2.39. The highest BCUT2D eigenvalue weighted by Crippen LogP contribution is 2.51. The van der Waals surface area contributed by atoms with Gasteiger partial charge in [0.2, 0.25) is 0 Å². The Morgan fingerprint density at radius 1 is 1.19 bits per heavy atom. The van der Waals surface area contributed by atoms with Gasteiger partial charge in [0, 0.05) is 5.57 Å². The maximum atomic E-state index is 12.5. The molecule has 1 aromatic carbocycles. The molecule has 0 aromatic heterocycles. The van der Waals surface area contributed by atoms with Gasteiger partial charge in [0.15, 0.2) is 0 Å². The van der Waals surface area contributed by atoms with Crippen LogP contribution in [0.1, 0.15) is 18.0 Å². The Labute approximate surface area is 123 Å². The van der Waals surface area contributed by atoms with Crippen LogP contribution in [0.15, 0.2) is 76.4 Å². The molecule has 104 valence electrons. The van der Waals surface area contributed by atoms with Gasteiger partial charge in [-0.3, -0.25) is 4.79 Å². The van der Waals surface area contributed by atoms with Crippen molar-refractivity contribution in [2.45, 2.75) is 12.5 Å². The van der Waals surface area contributed by atoms with Crippen molar-refractivity contribution in [1.29, 1.82) is 0 Å². The maximum Gasteiger partial charge on any atom is 0.252 e. The first kappa shape index (κ1) is 12.4. The van der Waals surface area contributed by atoms with Crippen molar-refractivity contribution in [3.05, 3.63) is 82.0 Å². The lowest BCUT2D eigenvalue weighted by Crippen LogP contribution is -2.31. The van der Waals surface area contributed by atoms with Crippen LogP contribution in [0.4, 0.5) is 0 Å². The molecule has 0 radical (unpaired) electrons. The predicted octanol–water partition coefficient (Wildman–Crippen LogP) is 2.34. The molecule has 0 saturated heterocycles. The fourth-order valence-corrected chi connectivity index (χ4v) is 2.99.